The Morgan fingerprint density at radius 2 is 1.76 bits per heavy atom. The fourth-order valence-corrected chi connectivity index (χ4v) is 1.91. The van der Waals surface area contributed by atoms with Crippen LogP contribution in [0.4, 0.5) is 8.78 Å². The van der Waals surface area contributed by atoms with Gasteiger partial charge in [0.1, 0.15) is 17.4 Å². The molecule has 7 heteroatoms. The highest BCUT2D eigenvalue weighted by Gasteiger charge is 2.18. The Balaban J connectivity index is 1.74. The third-order valence-corrected chi connectivity index (χ3v) is 3.24. The molecule has 2 aromatic rings. The summed E-state index contributed by atoms with van der Waals surface area (Å²) in [5.74, 6) is -1.86. The molecule has 132 valence electrons. The Morgan fingerprint density at radius 3 is 2.44 bits per heavy atom. The molecular formula is C18H17F2NO4. The van der Waals surface area contributed by atoms with Crippen LogP contribution < -0.4 is 10.1 Å². The van der Waals surface area contributed by atoms with Crippen molar-refractivity contribution < 1.29 is 27.8 Å². The number of ether oxygens (including phenoxy) is 2. The highest BCUT2D eigenvalue weighted by molar-refractivity contribution is 5.81. The van der Waals surface area contributed by atoms with Crippen molar-refractivity contribution in [1.29, 1.82) is 0 Å². The number of carbonyl (C=O) groups excluding carboxylic acids is 2. The van der Waals surface area contributed by atoms with Gasteiger partial charge in [-0.1, -0.05) is 18.2 Å². The minimum Gasteiger partial charge on any atom is -0.479 e. The van der Waals surface area contributed by atoms with Crippen molar-refractivity contribution in [2.24, 2.45) is 0 Å². The zero-order chi connectivity index (χ0) is 18.2. The van der Waals surface area contributed by atoms with E-state index in [1.54, 1.807) is 18.2 Å². The molecule has 0 unspecified atom stereocenters. The van der Waals surface area contributed by atoms with Crippen LogP contribution >= 0.6 is 0 Å². The van der Waals surface area contributed by atoms with Crippen molar-refractivity contribution in [3.63, 3.8) is 0 Å². The Bertz CT molecular complexity index is 734. The Kier molecular flexibility index (Phi) is 6.45. The molecule has 0 aliphatic rings. The molecular weight excluding hydrogens is 332 g/mol. The lowest BCUT2D eigenvalue weighted by Gasteiger charge is -2.14. The van der Waals surface area contributed by atoms with E-state index in [1.807, 2.05) is 0 Å². The van der Waals surface area contributed by atoms with Crippen molar-refractivity contribution >= 4 is 11.9 Å². The lowest BCUT2D eigenvalue weighted by molar-refractivity contribution is -0.154. The maximum Gasteiger partial charge on any atom is 0.347 e. The van der Waals surface area contributed by atoms with Gasteiger partial charge in [-0.15, -0.1) is 0 Å². The van der Waals surface area contributed by atoms with E-state index in [2.05, 4.69) is 5.32 Å². The number of nitrogens with one attached hydrogen (secondary N) is 1. The van der Waals surface area contributed by atoms with Crippen molar-refractivity contribution in [2.45, 2.75) is 19.6 Å². The molecule has 0 fully saturated rings. The van der Waals surface area contributed by atoms with Crippen LogP contribution in [0.1, 0.15) is 12.5 Å². The van der Waals surface area contributed by atoms with E-state index in [4.69, 9.17) is 9.47 Å². The first-order valence-electron chi connectivity index (χ1n) is 7.54. The van der Waals surface area contributed by atoms with E-state index >= 15 is 0 Å². The van der Waals surface area contributed by atoms with Gasteiger partial charge in [-0.2, -0.15) is 0 Å². The van der Waals surface area contributed by atoms with Crippen LogP contribution in [0.2, 0.25) is 0 Å². The smallest absolute Gasteiger partial charge is 0.347 e. The molecule has 1 amide bonds. The van der Waals surface area contributed by atoms with Gasteiger partial charge in [-0.3, -0.25) is 4.79 Å². The molecule has 1 N–H and O–H groups in total. The van der Waals surface area contributed by atoms with Gasteiger partial charge in [-0.05, 0) is 37.3 Å². The van der Waals surface area contributed by atoms with Gasteiger partial charge >= 0.3 is 5.97 Å². The van der Waals surface area contributed by atoms with E-state index < -0.39 is 36.2 Å². The molecule has 0 bridgehead atoms. The number of hydrogen-bond donors (Lipinski definition) is 1. The fraction of sp³-hybridized carbons (Fsp3) is 0.222. The minimum atomic E-state index is -0.968. The number of rotatable bonds is 7. The summed E-state index contributed by atoms with van der Waals surface area (Å²) >= 11 is 0. The lowest BCUT2D eigenvalue weighted by atomic mass is 10.2. The molecule has 0 aliphatic heterocycles. The molecule has 0 saturated heterocycles. The standard InChI is InChI=1S/C18H17F2NO4/c1-12(25-15-8-6-14(19)7-9-15)18(23)24-11-17(22)21-10-13-4-2-3-5-16(13)20/h2-9,12H,10-11H2,1H3,(H,21,22)/t12-/m0/s1. The van der Waals surface area contributed by atoms with E-state index in [0.29, 0.717) is 11.3 Å². The number of esters is 1. The molecule has 0 aliphatic carbocycles. The summed E-state index contributed by atoms with van der Waals surface area (Å²) in [4.78, 5) is 23.4. The van der Waals surface area contributed by atoms with Crippen LogP contribution in [0, 0.1) is 11.6 Å². The van der Waals surface area contributed by atoms with Crippen LogP contribution in [0.25, 0.3) is 0 Å². The summed E-state index contributed by atoms with van der Waals surface area (Å²) in [6.45, 7) is 0.929. The first-order valence-corrected chi connectivity index (χ1v) is 7.54. The first kappa shape index (κ1) is 18.4. The summed E-state index contributed by atoms with van der Waals surface area (Å²) in [6.07, 6.45) is -0.968. The van der Waals surface area contributed by atoms with E-state index in [0.717, 1.165) is 0 Å². The van der Waals surface area contributed by atoms with Crippen molar-refractivity contribution in [3.8, 4) is 5.75 Å². The molecule has 0 heterocycles. The molecule has 2 aromatic carbocycles. The molecule has 0 aromatic heterocycles. The summed E-state index contributed by atoms with van der Waals surface area (Å²) in [5.41, 5.74) is 0.329. The number of amides is 1. The fourth-order valence-electron chi connectivity index (χ4n) is 1.91. The molecule has 0 spiro atoms. The summed E-state index contributed by atoms with van der Waals surface area (Å²) in [5, 5.41) is 2.45. The Hall–Kier alpha value is -2.96. The number of halogens is 2. The second-order valence-corrected chi connectivity index (χ2v) is 5.19. The van der Waals surface area contributed by atoms with Crippen LogP contribution in [0.15, 0.2) is 48.5 Å². The molecule has 25 heavy (non-hydrogen) atoms. The molecule has 1 atom stereocenters. The summed E-state index contributed by atoms with van der Waals surface area (Å²) < 4.78 is 36.3. The maximum absolute atomic E-state index is 13.4. The highest BCUT2D eigenvalue weighted by Crippen LogP contribution is 2.13. The monoisotopic (exact) mass is 349 g/mol. The lowest BCUT2D eigenvalue weighted by Crippen LogP contribution is -2.32. The van der Waals surface area contributed by atoms with Gasteiger partial charge < -0.3 is 14.8 Å². The predicted molar refractivity (Wildman–Crippen MR) is 85.7 cm³/mol. The number of carbonyl (C=O) groups is 2. The topological polar surface area (TPSA) is 64.6 Å². The number of hydrogen-bond acceptors (Lipinski definition) is 4. The molecule has 5 nitrogen and oxygen atoms in total. The SMILES string of the molecule is C[C@H](Oc1ccc(F)cc1)C(=O)OCC(=O)NCc1ccccc1F. The third kappa shape index (κ3) is 5.87. The molecule has 0 radical (unpaired) electrons. The Morgan fingerprint density at radius 1 is 1.08 bits per heavy atom. The quantitative estimate of drug-likeness (QED) is 0.781. The van der Waals surface area contributed by atoms with Gasteiger partial charge in [0.25, 0.3) is 5.91 Å². The van der Waals surface area contributed by atoms with E-state index in [9.17, 15) is 18.4 Å². The second kappa shape index (κ2) is 8.77. The summed E-state index contributed by atoms with van der Waals surface area (Å²) in [6, 6.07) is 11.2. The maximum atomic E-state index is 13.4. The average Bonchev–Trinajstić information content (AvgIpc) is 2.60. The number of benzene rings is 2. The van der Waals surface area contributed by atoms with Crippen molar-refractivity contribution in [1.82, 2.24) is 5.32 Å². The van der Waals surface area contributed by atoms with Crippen LogP contribution in [0.5, 0.6) is 5.75 Å². The van der Waals surface area contributed by atoms with Gasteiger partial charge in [0.15, 0.2) is 12.7 Å². The highest BCUT2D eigenvalue weighted by atomic mass is 19.1. The summed E-state index contributed by atoms with van der Waals surface area (Å²) in [7, 11) is 0. The zero-order valence-electron chi connectivity index (χ0n) is 13.5. The van der Waals surface area contributed by atoms with E-state index in [1.165, 1.54) is 37.3 Å². The average molecular weight is 349 g/mol. The Labute approximate surface area is 143 Å². The van der Waals surface area contributed by atoms with Gasteiger partial charge in [0.05, 0.1) is 0 Å². The first-order chi connectivity index (χ1) is 12.0. The van der Waals surface area contributed by atoms with E-state index in [-0.39, 0.29) is 6.54 Å². The largest absolute Gasteiger partial charge is 0.479 e. The van der Waals surface area contributed by atoms with Crippen LogP contribution in [0.3, 0.4) is 0 Å². The van der Waals surface area contributed by atoms with Gasteiger partial charge in [-0.25, -0.2) is 13.6 Å². The van der Waals surface area contributed by atoms with Crippen LogP contribution in [-0.4, -0.2) is 24.6 Å². The van der Waals surface area contributed by atoms with Crippen LogP contribution in [-0.2, 0) is 20.9 Å². The normalized spacial score (nSPS) is 11.5. The third-order valence-electron chi connectivity index (χ3n) is 3.24. The predicted octanol–water partition coefficient (Wildman–Crippen LogP) is 2.59. The molecule has 2 rings (SSSR count). The second-order valence-electron chi connectivity index (χ2n) is 5.19. The van der Waals surface area contributed by atoms with Crippen molar-refractivity contribution in [2.75, 3.05) is 6.61 Å². The van der Waals surface area contributed by atoms with Gasteiger partial charge in [0, 0.05) is 12.1 Å². The minimum absolute atomic E-state index is 0.00924. The zero-order valence-corrected chi connectivity index (χ0v) is 13.5. The molecule has 0 saturated carbocycles. The van der Waals surface area contributed by atoms with Gasteiger partial charge in [0.2, 0.25) is 0 Å². The van der Waals surface area contributed by atoms with Crippen molar-refractivity contribution in [3.05, 3.63) is 65.7 Å².